The van der Waals surface area contributed by atoms with Gasteiger partial charge in [0.2, 0.25) is 0 Å². The number of alkyl halides is 3. The van der Waals surface area contributed by atoms with Gasteiger partial charge < -0.3 is 10.4 Å². The molecule has 0 radical (unpaired) electrons. The van der Waals surface area contributed by atoms with E-state index in [4.69, 9.17) is 10.8 Å². The number of amides is 1. The van der Waals surface area contributed by atoms with Crippen LogP contribution >= 0.6 is 0 Å². The summed E-state index contributed by atoms with van der Waals surface area (Å²) in [6.07, 6.45) is -4.83. The van der Waals surface area contributed by atoms with E-state index in [1.807, 2.05) is 0 Å². The number of rotatable bonds is 6. The van der Waals surface area contributed by atoms with Crippen molar-refractivity contribution in [2.45, 2.75) is 30.5 Å². The fourth-order valence-corrected chi connectivity index (χ4v) is 3.23. The van der Waals surface area contributed by atoms with Crippen LogP contribution in [0.1, 0.15) is 18.1 Å². The van der Waals surface area contributed by atoms with Gasteiger partial charge >= 0.3 is 6.18 Å². The maximum absolute atomic E-state index is 13.0. The third-order valence-corrected chi connectivity index (χ3v) is 5.25. The molecule has 0 aliphatic rings. The fourth-order valence-electron chi connectivity index (χ4n) is 2.23. The Labute approximate surface area is 171 Å². The summed E-state index contributed by atoms with van der Waals surface area (Å²) < 4.78 is 68.2. The molecule has 0 spiro atoms. The van der Waals surface area contributed by atoms with Crippen LogP contribution in [0.4, 0.5) is 24.5 Å². The molecular weight excluding hydrogens is 425 g/mol. The molecule has 0 aliphatic heterocycles. The van der Waals surface area contributed by atoms with Gasteiger partial charge in [-0.2, -0.15) is 21.6 Å². The summed E-state index contributed by atoms with van der Waals surface area (Å²) in [4.78, 5) is 14.9. The predicted molar refractivity (Wildman–Crippen MR) is 101 cm³/mol. The number of hydrogen-bond acceptors (Lipinski definition) is 5. The number of benzene rings is 2. The van der Waals surface area contributed by atoms with Crippen molar-refractivity contribution in [1.29, 1.82) is 0 Å². The molecule has 0 fully saturated rings. The fraction of sp³-hybridized carbons (Fsp3) is 0.263. The number of nitrogens with zero attached hydrogens (tertiary/aromatic N) is 1. The van der Waals surface area contributed by atoms with E-state index in [0.717, 1.165) is 24.6 Å². The lowest BCUT2D eigenvalue weighted by Crippen LogP contribution is -2.44. The Balaban J connectivity index is 2.14. The summed E-state index contributed by atoms with van der Waals surface area (Å²) in [5.41, 5.74) is -3.81. The van der Waals surface area contributed by atoms with Gasteiger partial charge in [-0.25, -0.2) is 4.85 Å². The van der Waals surface area contributed by atoms with E-state index in [0.29, 0.717) is 6.07 Å². The third-order valence-electron chi connectivity index (χ3n) is 3.97. The standard InChI is InChI=1S/C19H17F3N2O5S/c1-12-4-7-14(8-5-12)30(27,28)29-11-18(2,26)17(25)24-13-6-9-16(23-3)15(10-13)19(20,21)22/h4-10,26H,11H2,1-2H3,(H,24,25). The Morgan fingerprint density at radius 3 is 2.33 bits per heavy atom. The average Bonchev–Trinajstić information content (AvgIpc) is 2.66. The van der Waals surface area contributed by atoms with Crippen molar-refractivity contribution in [2.75, 3.05) is 11.9 Å². The minimum Gasteiger partial charge on any atom is -0.378 e. The molecule has 2 rings (SSSR count). The van der Waals surface area contributed by atoms with E-state index in [9.17, 15) is 31.5 Å². The number of anilines is 1. The van der Waals surface area contributed by atoms with Crippen molar-refractivity contribution < 1.29 is 35.7 Å². The number of hydrogen-bond donors (Lipinski definition) is 2. The topological polar surface area (TPSA) is 97.1 Å². The number of carbonyl (C=O) groups is 1. The molecule has 160 valence electrons. The molecule has 1 unspecified atom stereocenters. The van der Waals surface area contributed by atoms with E-state index in [2.05, 4.69) is 10.2 Å². The molecule has 2 aromatic rings. The van der Waals surface area contributed by atoms with Crippen molar-refractivity contribution in [3.8, 4) is 0 Å². The SMILES string of the molecule is [C-]#[N+]c1ccc(NC(=O)C(C)(O)COS(=O)(=O)c2ccc(C)cc2)cc1C(F)(F)F. The number of aryl methyl sites for hydroxylation is 1. The highest BCUT2D eigenvalue weighted by atomic mass is 32.2. The molecule has 7 nitrogen and oxygen atoms in total. The molecule has 0 saturated heterocycles. The van der Waals surface area contributed by atoms with E-state index in [-0.39, 0.29) is 10.6 Å². The zero-order chi connectivity index (χ0) is 22.7. The number of nitrogens with one attached hydrogen (secondary N) is 1. The summed E-state index contributed by atoms with van der Waals surface area (Å²) in [5, 5.41) is 12.3. The Hall–Kier alpha value is -2.94. The molecule has 2 N–H and O–H groups in total. The van der Waals surface area contributed by atoms with Crippen LogP contribution in [-0.2, 0) is 25.3 Å². The van der Waals surface area contributed by atoms with E-state index in [1.165, 1.54) is 24.3 Å². The lowest BCUT2D eigenvalue weighted by Gasteiger charge is -2.22. The molecule has 0 saturated carbocycles. The van der Waals surface area contributed by atoms with Crippen LogP contribution in [0.25, 0.3) is 4.85 Å². The maximum Gasteiger partial charge on any atom is 0.407 e. The van der Waals surface area contributed by atoms with Crippen LogP contribution in [0.15, 0.2) is 47.4 Å². The lowest BCUT2D eigenvalue weighted by molar-refractivity contribution is -0.137. The van der Waals surface area contributed by atoms with Crippen LogP contribution < -0.4 is 5.32 Å². The normalized spacial score (nSPS) is 13.9. The van der Waals surface area contributed by atoms with E-state index < -0.39 is 45.7 Å². The second kappa shape index (κ2) is 8.43. The number of aliphatic hydroxyl groups is 1. The Bertz CT molecular complexity index is 1090. The van der Waals surface area contributed by atoms with Gasteiger partial charge in [-0.3, -0.25) is 8.98 Å². The van der Waals surface area contributed by atoms with Gasteiger partial charge in [0.15, 0.2) is 11.3 Å². The minimum absolute atomic E-state index is 0.186. The average molecular weight is 442 g/mol. The lowest BCUT2D eigenvalue weighted by atomic mass is 10.1. The molecule has 1 amide bonds. The number of halogens is 3. The third kappa shape index (κ3) is 5.56. The predicted octanol–water partition coefficient (Wildman–Crippen LogP) is 3.66. The van der Waals surface area contributed by atoms with Crippen LogP contribution in [-0.4, -0.2) is 31.6 Å². The van der Waals surface area contributed by atoms with Crippen LogP contribution in [0.2, 0.25) is 0 Å². The van der Waals surface area contributed by atoms with Crippen LogP contribution in [0, 0.1) is 13.5 Å². The summed E-state index contributed by atoms with van der Waals surface area (Å²) in [5.74, 6) is -1.19. The first-order valence-corrected chi connectivity index (χ1v) is 9.76. The summed E-state index contributed by atoms with van der Waals surface area (Å²) in [6.45, 7) is 8.53. The Morgan fingerprint density at radius 1 is 1.20 bits per heavy atom. The largest absolute Gasteiger partial charge is 0.407 e. The first-order chi connectivity index (χ1) is 13.8. The molecule has 0 heterocycles. The van der Waals surface area contributed by atoms with Crippen molar-refractivity contribution in [3.05, 3.63) is 65.0 Å². The monoisotopic (exact) mass is 442 g/mol. The first-order valence-electron chi connectivity index (χ1n) is 8.35. The second-order valence-corrected chi connectivity index (χ2v) is 8.21. The smallest absolute Gasteiger partial charge is 0.378 e. The van der Waals surface area contributed by atoms with Crippen LogP contribution in [0.3, 0.4) is 0 Å². The molecule has 1 atom stereocenters. The van der Waals surface area contributed by atoms with Crippen molar-refractivity contribution in [2.24, 2.45) is 0 Å². The molecule has 2 aromatic carbocycles. The quantitative estimate of drug-likeness (QED) is 0.526. The molecule has 0 bridgehead atoms. The first kappa shape index (κ1) is 23.3. The van der Waals surface area contributed by atoms with E-state index in [1.54, 1.807) is 6.92 Å². The molecule has 11 heteroatoms. The van der Waals surface area contributed by atoms with Gasteiger partial charge in [0.05, 0.1) is 17.0 Å². The second-order valence-electron chi connectivity index (χ2n) is 6.60. The molecular formula is C19H17F3N2O5S. The van der Waals surface area contributed by atoms with Gasteiger partial charge in [-0.15, -0.1) is 0 Å². The Kier molecular flexibility index (Phi) is 6.56. The van der Waals surface area contributed by atoms with E-state index >= 15 is 0 Å². The highest BCUT2D eigenvalue weighted by Crippen LogP contribution is 2.38. The van der Waals surface area contributed by atoms with Gasteiger partial charge in [0.1, 0.15) is 6.61 Å². The van der Waals surface area contributed by atoms with Crippen molar-refractivity contribution >= 4 is 27.4 Å². The molecule has 0 aromatic heterocycles. The van der Waals surface area contributed by atoms with Crippen molar-refractivity contribution in [3.63, 3.8) is 0 Å². The maximum atomic E-state index is 13.0. The highest BCUT2D eigenvalue weighted by Gasteiger charge is 2.36. The van der Waals surface area contributed by atoms with Gasteiger partial charge in [-0.05, 0) is 38.1 Å². The zero-order valence-corrected chi connectivity index (χ0v) is 16.6. The van der Waals surface area contributed by atoms with Gasteiger partial charge in [0.25, 0.3) is 16.0 Å². The van der Waals surface area contributed by atoms with Gasteiger partial charge in [-0.1, -0.05) is 23.8 Å². The summed E-state index contributed by atoms with van der Waals surface area (Å²) in [7, 11) is -4.27. The minimum atomic E-state index is -4.83. The van der Waals surface area contributed by atoms with Crippen molar-refractivity contribution in [1.82, 2.24) is 0 Å². The van der Waals surface area contributed by atoms with Crippen LogP contribution in [0.5, 0.6) is 0 Å². The summed E-state index contributed by atoms with van der Waals surface area (Å²) in [6, 6.07) is 8.12. The molecule has 30 heavy (non-hydrogen) atoms. The Morgan fingerprint density at radius 2 is 1.80 bits per heavy atom. The highest BCUT2D eigenvalue weighted by molar-refractivity contribution is 7.86. The molecule has 0 aliphatic carbocycles. The summed E-state index contributed by atoms with van der Waals surface area (Å²) >= 11 is 0. The number of carbonyl (C=O) groups excluding carboxylic acids is 1. The zero-order valence-electron chi connectivity index (χ0n) is 15.8. The van der Waals surface area contributed by atoms with Gasteiger partial charge in [0, 0.05) is 5.69 Å².